The largest absolute Gasteiger partial charge is 0.497 e. The second kappa shape index (κ2) is 26.2. The van der Waals surface area contributed by atoms with Gasteiger partial charge in [-0.2, -0.15) is 0 Å². The van der Waals surface area contributed by atoms with Gasteiger partial charge in [-0.3, -0.25) is 9.79 Å². The van der Waals surface area contributed by atoms with Crippen molar-refractivity contribution in [2.45, 2.75) is 113 Å². The van der Waals surface area contributed by atoms with Gasteiger partial charge in [-0.15, -0.1) is 0 Å². The molecule has 0 aliphatic rings. The van der Waals surface area contributed by atoms with E-state index in [4.69, 9.17) is 16.3 Å². The van der Waals surface area contributed by atoms with Gasteiger partial charge in [0.2, 0.25) is 5.91 Å². The number of hydrogen-bond acceptors (Lipinski definition) is 4. The smallest absolute Gasteiger partial charge is 0.224 e. The topological polar surface area (TPSA) is 45.1 Å². The Morgan fingerprint density at radius 3 is 2.17 bits per heavy atom. The molecule has 2 aromatic rings. The summed E-state index contributed by atoms with van der Waals surface area (Å²) in [5, 5.41) is 0.661. The summed E-state index contributed by atoms with van der Waals surface area (Å²) < 4.78 is 5.35. The zero-order valence-corrected chi connectivity index (χ0v) is 31.7. The Morgan fingerprint density at radius 1 is 0.978 bits per heavy atom. The number of amides is 1. The Balaban J connectivity index is 0.000000769. The Kier molecular flexibility index (Phi) is 24.6. The van der Waals surface area contributed by atoms with E-state index in [1.807, 2.05) is 66.6 Å². The molecule has 0 heterocycles. The highest BCUT2D eigenvalue weighted by Gasteiger charge is 2.24. The highest BCUT2D eigenvalue weighted by atomic mass is 35.5. The molecule has 0 aliphatic carbocycles. The summed E-state index contributed by atoms with van der Waals surface area (Å²) >= 11 is 6.00. The van der Waals surface area contributed by atoms with E-state index in [0.29, 0.717) is 5.02 Å². The zero-order chi connectivity index (χ0) is 34.9. The average Bonchev–Trinajstić information content (AvgIpc) is 3.06. The third-order valence-corrected chi connectivity index (χ3v) is 8.33. The van der Waals surface area contributed by atoms with Crippen molar-refractivity contribution >= 4 is 29.4 Å². The van der Waals surface area contributed by atoms with Crippen LogP contribution in [0.1, 0.15) is 119 Å². The van der Waals surface area contributed by atoms with Crippen LogP contribution in [0.2, 0.25) is 5.02 Å². The molecule has 2 rings (SSSR count). The van der Waals surface area contributed by atoms with E-state index in [-0.39, 0.29) is 11.9 Å². The van der Waals surface area contributed by atoms with Crippen LogP contribution in [-0.4, -0.2) is 44.3 Å². The monoisotopic (exact) mass is 653 g/mol. The number of anilines is 1. The summed E-state index contributed by atoms with van der Waals surface area (Å²) in [7, 11) is 3.87. The van der Waals surface area contributed by atoms with Crippen LogP contribution in [0.4, 0.5) is 5.69 Å². The molecule has 0 spiro atoms. The SMILES string of the molecule is CCCC[C@H](c1cccc(OC)c1)N(C(C)=O)c1ccc(Cl)cc1.CCCN(C)CCC(C)CC.C\C=C/N=C\C(C)=C(\C)CC. The molecule has 0 saturated heterocycles. The second-order valence-electron chi connectivity index (χ2n) is 12.0. The maximum Gasteiger partial charge on any atom is 0.224 e. The van der Waals surface area contributed by atoms with Crippen LogP contribution in [0.15, 0.2) is 76.9 Å². The van der Waals surface area contributed by atoms with Crippen LogP contribution in [0.25, 0.3) is 0 Å². The quantitative estimate of drug-likeness (QED) is 0.169. The highest BCUT2D eigenvalue weighted by molar-refractivity contribution is 6.30. The number of ether oxygens (including phenoxy) is 1. The third kappa shape index (κ3) is 18.3. The summed E-state index contributed by atoms with van der Waals surface area (Å²) in [6.45, 7) is 21.5. The molecule has 0 radical (unpaired) electrons. The maximum atomic E-state index is 12.4. The molecule has 0 fully saturated rings. The molecule has 0 bridgehead atoms. The minimum atomic E-state index is -0.0290. The fraction of sp³-hybridized carbons (Fsp3) is 0.550. The van der Waals surface area contributed by atoms with Crippen LogP contribution in [0.3, 0.4) is 0 Å². The summed E-state index contributed by atoms with van der Waals surface area (Å²) in [5.41, 5.74) is 4.60. The molecule has 46 heavy (non-hydrogen) atoms. The first-order valence-electron chi connectivity index (χ1n) is 17.2. The molecule has 0 saturated carbocycles. The maximum absolute atomic E-state index is 12.4. The Morgan fingerprint density at radius 2 is 1.65 bits per heavy atom. The molecule has 6 heteroatoms. The van der Waals surface area contributed by atoms with Crippen LogP contribution >= 0.6 is 11.6 Å². The van der Waals surface area contributed by atoms with Gasteiger partial charge in [-0.1, -0.05) is 89.3 Å². The van der Waals surface area contributed by atoms with Gasteiger partial charge >= 0.3 is 0 Å². The van der Waals surface area contributed by atoms with Crippen LogP contribution in [-0.2, 0) is 4.79 Å². The molecule has 2 aromatic carbocycles. The van der Waals surface area contributed by atoms with Crippen molar-refractivity contribution in [1.82, 2.24) is 4.90 Å². The van der Waals surface area contributed by atoms with Crippen molar-refractivity contribution in [3.8, 4) is 5.75 Å². The minimum Gasteiger partial charge on any atom is -0.497 e. The zero-order valence-electron chi connectivity index (χ0n) is 30.9. The third-order valence-electron chi connectivity index (χ3n) is 8.08. The first kappa shape index (κ1) is 43.1. The van der Waals surface area contributed by atoms with Crippen molar-refractivity contribution in [2.75, 3.05) is 32.1 Å². The lowest BCUT2D eigenvalue weighted by atomic mass is 9.98. The standard InChI is InChI=1S/C20H24ClNO2.C10H23N.C10H17N/c1-4-5-9-20(16-7-6-8-19(14-16)24-3)22(15(2)23)18-12-10-17(21)11-13-18;1-5-8-11(4)9-7-10(3)6-2;1-5-7-11-8-10(4)9(3)6-2/h6-8,10-14,20H,4-5,9H2,1-3H3;10H,5-9H2,1-4H3;5,7-8H,6H2,1-4H3/b;;7-5-,10-9-,11-8-/t20-;;/m1../s1. The lowest BCUT2D eigenvalue weighted by molar-refractivity contribution is -0.117. The van der Waals surface area contributed by atoms with E-state index in [2.05, 4.69) is 71.5 Å². The number of rotatable bonds is 16. The lowest BCUT2D eigenvalue weighted by Crippen LogP contribution is -2.33. The Bertz CT molecular complexity index is 1170. The minimum absolute atomic E-state index is 0.0150. The second-order valence-corrected chi connectivity index (χ2v) is 12.4. The van der Waals surface area contributed by atoms with Crippen molar-refractivity contribution in [2.24, 2.45) is 10.9 Å². The van der Waals surface area contributed by atoms with Gasteiger partial charge in [0.25, 0.3) is 0 Å². The predicted octanol–water partition coefficient (Wildman–Crippen LogP) is 11.7. The summed E-state index contributed by atoms with van der Waals surface area (Å²) in [4.78, 5) is 20.8. The number of hydrogen-bond donors (Lipinski definition) is 0. The number of benzene rings is 2. The first-order valence-corrected chi connectivity index (χ1v) is 17.5. The molecule has 2 atom stereocenters. The van der Waals surface area contributed by atoms with E-state index in [1.54, 1.807) is 20.2 Å². The van der Waals surface area contributed by atoms with Crippen LogP contribution < -0.4 is 9.64 Å². The van der Waals surface area contributed by atoms with Gasteiger partial charge in [-0.25, -0.2) is 0 Å². The average molecular weight is 654 g/mol. The van der Waals surface area contributed by atoms with Crippen molar-refractivity contribution in [1.29, 1.82) is 0 Å². The number of carbonyl (C=O) groups is 1. The predicted molar refractivity (Wildman–Crippen MR) is 204 cm³/mol. The fourth-order valence-corrected chi connectivity index (χ4v) is 4.77. The summed E-state index contributed by atoms with van der Waals surface area (Å²) in [6.07, 6.45) is 13.7. The lowest BCUT2D eigenvalue weighted by Gasteiger charge is -2.32. The van der Waals surface area contributed by atoms with Crippen LogP contribution in [0.5, 0.6) is 5.75 Å². The Hall–Kier alpha value is -2.89. The van der Waals surface area contributed by atoms with E-state index in [0.717, 1.165) is 48.6 Å². The number of nitrogens with zero attached hydrogens (tertiary/aromatic N) is 3. The van der Waals surface area contributed by atoms with Gasteiger partial charge < -0.3 is 14.5 Å². The molecular formula is C40H64ClN3O2. The molecule has 258 valence electrons. The molecule has 0 aliphatic heterocycles. The van der Waals surface area contributed by atoms with Crippen molar-refractivity contribution < 1.29 is 9.53 Å². The summed E-state index contributed by atoms with van der Waals surface area (Å²) in [6, 6.07) is 15.3. The molecule has 5 nitrogen and oxygen atoms in total. The van der Waals surface area contributed by atoms with Crippen molar-refractivity contribution in [3.63, 3.8) is 0 Å². The van der Waals surface area contributed by atoms with Crippen LogP contribution in [0, 0.1) is 5.92 Å². The molecule has 1 unspecified atom stereocenters. The number of unbranched alkanes of at least 4 members (excludes halogenated alkanes) is 1. The summed E-state index contributed by atoms with van der Waals surface area (Å²) in [5.74, 6) is 1.71. The molecule has 1 amide bonds. The van der Waals surface area contributed by atoms with E-state index < -0.39 is 0 Å². The van der Waals surface area contributed by atoms with Gasteiger partial charge in [0, 0.05) is 30.0 Å². The number of halogens is 1. The van der Waals surface area contributed by atoms with E-state index in [9.17, 15) is 4.79 Å². The number of aliphatic imine (C=N–C) groups is 1. The number of methoxy groups -OCH3 is 1. The first-order chi connectivity index (χ1) is 22.0. The highest BCUT2D eigenvalue weighted by Crippen LogP contribution is 2.33. The van der Waals surface area contributed by atoms with E-state index >= 15 is 0 Å². The fourth-order valence-electron chi connectivity index (χ4n) is 4.64. The van der Waals surface area contributed by atoms with E-state index in [1.165, 1.54) is 43.5 Å². The van der Waals surface area contributed by atoms with Crippen molar-refractivity contribution in [3.05, 3.63) is 82.5 Å². The molecule has 0 N–H and O–H groups in total. The van der Waals surface area contributed by atoms with Gasteiger partial charge in [0.05, 0.1) is 13.2 Å². The van der Waals surface area contributed by atoms with Gasteiger partial charge in [0.1, 0.15) is 5.75 Å². The normalized spacial score (nSPS) is 13.0. The number of allylic oxidation sites excluding steroid dienone is 3. The molecular weight excluding hydrogens is 590 g/mol. The van der Waals surface area contributed by atoms with Gasteiger partial charge in [-0.05, 0) is 120 Å². The Labute approximate surface area is 287 Å². The number of carbonyl (C=O) groups excluding carboxylic acids is 1. The molecule has 0 aromatic heterocycles. The van der Waals surface area contributed by atoms with Gasteiger partial charge in [0.15, 0.2) is 0 Å².